The molecule has 0 saturated heterocycles. The molecule has 0 radical (unpaired) electrons. The van der Waals surface area contributed by atoms with Gasteiger partial charge in [0.1, 0.15) is 17.1 Å². The van der Waals surface area contributed by atoms with Crippen LogP contribution in [-0.4, -0.2) is 31.7 Å². The lowest BCUT2D eigenvalue weighted by atomic mass is 9.90. The van der Waals surface area contributed by atoms with E-state index in [1.807, 2.05) is 0 Å². The molecule has 0 aliphatic rings. The summed E-state index contributed by atoms with van der Waals surface area (Å²) < 4.78 is 48.2. The Bertz CT molecular complexity index is 461. The molecule has 1 atom stereocenters. The average molecular weight is 277 g/mol. The van der Waals surface area contributed by atoms with Gasteiger partial charge in [-0.25, -0.2) is 0 Å². The van der Waals surface area contributed by atoms with Crippen molar-refractivity contribution in [3.63, 3.8) is 0 Å². The van der Waals surface area contributed by atoms with Gasteiger partial charge in [-0.1, -0.05) is 6.07 Å². The summed E-state index contributed by atoms with van der Waals surface area (Å²) in [5.74, 6) is -1.36. The number of halogens is 3. The van der Waals surface area contributed by atoms with Crippen molar-refractivity contribution in [3.8, 4) is 11.5 Å². The summed E-state index contributed by atoms with van der Waals surface area (Å²) in [7, 11) is 2.49. The molecule has 4 nitrogen and oxygen atoms in total. The van der Waals surface area contributed by atoms with Crippen LogP contribution < -0.4 is 15.2 Å². The molecule has 0 saturated carbocycles. The lowest BCUT2D eigenvalue weighted by molar-refractivity contribution is -0.165. The highest BCUT2D eigenvalue weighted by Crippen LogP contribution is 2.37. The summed E-state index contributed by atoms with van der Waals surface area (Å²) >= 11 is 0. The van der Waals surface area contributed by atoms with Crippen molar-refractivity contribution in [3.05, 3.63) is 23.8 Å². The molecular weight excluding hydrogens is 263 g/mol. The standard InChI is InChI=1S/C12H14F3NO3/c1-11(16,12(13,14)15)10(17)9-7(18-2)5-4-6-8(9)19-3/h4-6H,16H2,1-3H3. The van der Waals surface area contributed by atoms with E-state index in [2.05, 4.69) is 0 Å². The number of hydrogen-bond donors (Lipinski definition) is 1. The Labute approximate surface area is 108 Å². The Balaban J connectivity index is 3.42. The number of rotatable bonds is 4. The van der Waals surface area contributed by atoms with Gasteiger partial charge in [0.05, 0.1) is 14.2 Å². The topological polar surface area (TPSA) is 61.5 Å². The highest BCUT2D eigenvalue weighted by molar-refractivity contribution is 6.07. The van der Waals surface area contributed by atoms with E-state index in [-0.39, 0.29) is 17.1 Å². The fourth-order valence-corrected chi connectivity index (χ4v) is 1.46. The maximum atomic E-state index is 12.8. The minimum atomic E-state index is -4.88. The van der Waals surface area contributed by atoms with Crippen LogP contribution in [0.1, 0.15) is 17.3 Å². The zero-order chi connectivity index (χ0) is 14.8. The van der Waals surface area contributed by atoms with Crippen LogP contribution in [0.15, 0.2) is 18.2 Å². The number of methoxy groups -OCH3 is 2. The molecule has 0 heterocycles. The van der Waals surface area contributed by atoms with Crippen LogP contribution >= 0.6 is 0 Å². The summed E-state index contributed by atoms with van der Waals surface area (Å²) in [6, 6.07) is 4.22. The zero-order valence-corrected chi connectivity index (χ0v) is 10.7. The number of benzene rings is 1. The lowest BCUT2D eigenvalue weighted by Gasteiger charge is -2.27. The second-order valence-electron chi connectivity index (χ2n) is 4.07. The van der Waals surface area contributed by atoms with Crippen molar-refractivity contribution >= 4 is 5.78 Å². The molecule has 0 bridgehead atoms. The number of alkyl halides is 3. The Morgan fingerprint density at radius 2 is 1.58 bits per heavy atom. The van der Waals surface area contributed by atoms with Crippen LogP contribution in [0.3, 0.4) is 0 Å². The fraction of sp³-hybridized carbons (Fsp3) is 0.417. The molecule has 0 aliphatic carbocycles. The average Bonchev–Trinajstić information content (AvgIpc) is 2.35. The normalized spacial score (nSPS) is 14.7. The number of ether oxygens (including phenoxy) is 2. The van der Waals surface area contributed by atoms with E-state index in [1.165, 1.54) is 32.4 Å². The largest absolute Gasteiger partial charge is 0.496 e. The first-order chi connectivity index (χ1) is 8.66. The van der Waals surface area contributed by atoms with Crippen LogP contribution in [0.5, 0.6) is 11.5 Å². The van der Waals surface area contributed by atoms with Gasteiger partial charge in [0.2, 0.25) is 0 Å². The van der Waals surface area contributed by atoms with Gasteiger partial charge >= 0.3 is 6.18 Å². The van der Waals surface area contributed by atoms with Crippen molar-refractivity contribution in [1.82, 2.24) is 0 Å². The lowest BCUT2D eigenvalue weighted by Crippen LogP contribution is -2.57. The predicted molar refractivity (Wildman–Crippen MR) is 62.5 cm³/mol. The summed E-state index contributed by atoms with van der Waals surface area (Å²) in [4.78, 5) is 12.1. The monoisotopic (exact) mass is 277 g/mol. The Kier molecular flexibility index (Phi) is 4.09. The predicted octanol–water partition coefficient (Wildman–Crippen LogP) is 2.17. The Morgan fingerprint density at radius 1 is 1.16 bits per heavy atom. The first-order valence-electron chi connectivity index (χ1n) is 5.28. The second kappa shape index (κ2) is 5.08. The minimum Gasteiger partial charge on any atom is -0.496 e. The smallest absolute Gasteiger partial charge is 0.413 e. The van der Waals surface area contributed by atoms with Gasteiger partial charge in [0, 0.05) is 0 Å². The van der Waals surface area contributed by atoms with Crippen LogP contribution in [0, 0.1) is 0 Å². The van der Waals surface area contributed by atoms with E-state index in [4.69, 9.17) is 15.2 Å². The third kappa shape index (κ3) is 2.65. The van der Waals surface area contributed by atoms with Crippen LogP contribution in [0.2, 0.25) is 0 Å². The molecule has 0 amide bonds. The van der Waals surface area contributed by atoms with Crippen LogP contribution in [0.4, 0.5) is 13.2 Å². The molecule has 0 spiro atoms. The number of hydrogen-bond acceptors (Lipinski definition) is 4. The molecule has 0 aromatic heterocycles. The van der Waals surface area contributed by atoms with Crippen molar-refractivity contribution < 1.29 is 27.4 Å². The molecule has 1 rings (SSSR count). The summed E-state index contributed by atoms with van der Waals surface area (Å²) in [5, 5.41) is 0. The van der Waals surface area contributed by atoms with E-state index in [9.17, 15) is 18.0 Å². The molecule has 19 heavy (non-hydrogen) atoms. The number of carbonyl (C=O) groups excluding carboxylic acids is 1. The highest BCUT2D eigenvalue weighted by atomic mass is 19.4. The number of ketones is 1. The van der Waals surface area contributed by atoms with E-state index in [0.29, 0.717) is 6.92 Å². The quantitative estimate of drug-likeness (QED) is 0.857. The van der Waals surface area contributed by atoms with Gasteiger partial charge in [0.25, 0.3) is 0 Å². The molecule has 1 aromatic carbocycles. The van der Waals surface area contributed by atoms with Gasteiger partial charge < -0.3 is 15.2 Å². The van der Waals surface area contributed by atoms with Crippen molar-refractivity contribution in [1.29, 1.82) is 0 Å². The third-order valence-electron chi connectivity index (χ3n) is 2.72. The van der Waals surface area contributed by atoms with E-state index in [1.54, 1.807) is 0 Å². The summed E-state index contributed by atoms with van der Waals surface area (Å²) in [5.41, 5.74) is 1.79. The fourth-order valence-electron chi connectivity index (χ4n) is 1.46. The van der Waals surface area contributed by atoms with E-state index < -0.39 is 17.5 Å². The van der Waals surface area contributed by atoms with Gasteiger partial charge in [-0.05, 0) is 19.1 Å². The molecule has 0 aliphatic heterocycles. The van der Waals surface area contributed by atoms with Crippen molar-refractivity contribution in [2.45, 2.75) is 18.6 Å². The molecular formula is C12H14F3NO3. The third-order valence-corrected chi connectivity index (χ3v) is 2.72. The van der Waals surface area contributed by atoms with Gasteiger partial charge in [-0.15, -0.1) is 0 Å². The number of Topliss-reactive ketones (excluding diaryl/α,β-unsaturated/α-hetero) is 1. The Hall–Kier alpha value is -1.76. The molecule has 2 N–H and O–H groups in total. The zero-order valence-electron chi connectivity index (χ0n) is 10.7. The van der Waals surface area contributed by atoms with Gasteiger partial charge in [0.15, 0.2) is 11.3 Å². The minimum absolute atomic E-state index is 0.0229. The first kappa shape index (κ1) is 15.3. The van der Waals surface area contributed by atoms with Crippen molar-refractivity contribution in [2.75, 3.05) is 14.2 Å². The molecule has 1 aromatic rings. The highest BCUT2D eigenvalue weighted by Gasteiger charge is 2.55. The van der Waals surface area contributed by atoms with Gasteiger partial charge in [-0.3, -0.25) is 4.79 Å². The molecule has 106 valence electrons. The summed E-state index contributed by atoms with van der Waals surface area (Å²) in [6.45, 7) is 0.612. The van der Waals surface area contributed by atoms with E-state index >= 15 is 0 Å². The maximum Gasteiger partial charge on any atom is 0.413 e. The van der Waals surface area contributed by atoms with Crippen LogP contribution in [0.25, 0.3) is 0 Å². The number of carbonyl (C=O) groups is 1. The van der Waals surface area contributed by atoms with Crippen LogP contribution in [-0.2, 0) is 0 Å². The second-order valence-corrected chi connectivity index (χ2v) is 4.07. The molecule has 1 unspecified atom stereocenters. The van der Waals surface area contributed by atoms with Crippen molar-refractivity contribution in [2.24, 2.45) is 5.73 Å². The summed E-state index contributed by atoms with van der Waals surface area (Å²) in [6.07, 6.45) is -4.88. The molecule has 7 heteroatoms. The first-order valence-corrected chi connectivity index (χ1v) is 5.28. The SMILES string of the molecule is COc1cccc(OC)c1C(=O)C(C)(N)C(F)(F)F. The Morgan fingerprint density at radius 3 is 1.89 bits per heavy atom. The maximum absolute atomic E-state index is 12.8. The number of nitrogens with two attached hydrogens (primary N) is 1. The molecule has 0 fully saturated rings. The van der Waals surface area contributed by atoms with Gasteiger partial charge in [-0.2, -0.15) is 13.2 Å². The van der Waals surface area contributed by atoms with E-state index in [0.717, 1.165) is 0 Å².